The zero-order valence-electron chi connectivity index (χ0n) is 13.2. The van der Waals surface area contributed by atoms with E-state index in [1.54, 1.807) is 0 Å². The number of nitrogens with one attached hydrogen (secondary N) is 1. The van der Waals surface area contributed by atoms with Crippen molar-refractivity contribution in [1.82, 2.24) is 10.2 Å². The maximum atomic E-state index is 12.2. The van der Waals surface area contributed by atoms with E-state index in [9.17, 15) is 4.79 Å². The van der Waals surface area contributed by atoms with Gasteiger partial charge in [-0.15, -0.1) is 0 Å². The Morgan fingerprint density at radius 3 is 2.38 bits per heavy atom. The lowest BCUT2D eigenvalue weighted by Crippen LogP contribution is -2.46. The SMILES string of the molecule is CCCCCCc1ccc(CC(=O)N2CCNCC2)cc1. The highest BCUT2D eigenvalue weighted by molar-refractivity contribution is 5.78. The van der Waals surface area contributed by atoms with Gasteiger partial charge in [0.05, 0.1) is 6.42 Å². The van der Waals surface area contributed by atoms with Gasteiger partial charge in [0.1, 0.15) is 0 Å². The molecular formula is C18H28N2O. The van der Waals surface area contributed by atoms with Gasteiger partial charge in [-0.05, 0) is 24.0 Å². The standard InChI is InChI=1S/C18H28N2O/c1-2-3-4-5-6-16-7-9-17(10-8-16)15-18(21)20-13-11-19-12-14-20/h7-10,19H,2-6,11-15H2,1H3. The molecule has 0 spiro atoms. The summed E-state index contributed by atoms with van der Waals surface area (Å²) in [5, 5.41) is 3.28. The molecule has 0 saturated carbocycles. The predicted molar refractivity (Wildman–Crippen MR) is 87.4 cm³/mol. The first-order valence-electron chi connectivity index (χ1n) is 8.36. The summed E-state index contributed by atoms with van der Waals surface area (Å²) in [7, 11) is 0. The van der Waals surface area contributed by atoms with Gasteiger partial charge in [-0.1, -0.05) is 50.5 Å². The largest absolute Gasteiger partial charge is 0.340 e. The Balaban J connectivity index is 1.77. The molecule has 1 heterocycles. The number of carbonyl (C=O) groups excluding carboxylic acids is 1. The van der Waals surface area contributed by atoms with Gasteiger partial charge in [-0.25, -0.2) is 0 Å². The lowest BCUT2D eigenvalue weighted by molar-refractivity contribution is -0.131. The molecular weight excluding hydrogens is 260 g/mol. The Labute approximate surface area is 128 Å². The summed E-state index contributed by atoms with van der Waals surface area (Å²) in [6.07, 6.45) is 6.90. The molecule has 3 heteroatoms. The van der Waals surface area contributed by atoms with Crippen molar-refractivity contribution in [3.05, 3.63) is 35.4 Å². The number of rotatable bonds is 7. The number of carbonyl (C=O) groups is 1. The molecule has 1 aromatic rings. The minimum absolute atomic E-state index is 0.257. The molecule has 0 aliphatic carbocycles. The minimum Gasteiger partial charge on any atom is -0.340 e. The van der Waals surface area contributed by atoms with Gasteiger partial charge in [-0.3, -0.25) is 4.79 Å². The molecule has 1 N–H and O–H groups in total. The van der Waals surface area contributed by atoms with Crippen LogP contribution < -0.4 is 5.32 Å². The van der Waals surface area contributed by atoms with Crippen LogP contribution in [-0.2, 0) is 17.6 Å². The lowest BCUT2D eigenvalue weighted by Gasteiger charge is -2.27. The van der Waals surface area contributed by atoms with E-state index in [0.717, 1.165) is 38.2 Å². The van der Waals surface area contributed by atoms with E-state index < -0.39 is 0 Å². The van der Waals surface area contributed by atoms with Crippen molar-refractivity contribution in [2.75, 3.05) is 26.2 Å². The molecule has 3 nitrogen and oxygen atoms in total. The molecule has 116 valence electrons. The Kier molecular flexibility index (Phi) is 6.74. The van der Waals surface area contributed by atoms with Crippen molar-refractivity contribution < 1.29 is 4.79 Å². The maximum absolute atomic E-state index is 12.2. The summed E-state index contributed by atoms with van der Waals surface area (Å²) in [5.74, 6) is 0.257. The molecule has 1 aliphatic rings. The van der Waals surface area contributed by atoms with Gasteiger partial charge in [0, 0.05) is 26.2 Å². The van der Waals surface area contributed by atoms with Crippen LogP contribution in [0.15, 0.2) is 24.3 Å². The predicted octanol–water partition coefficient (Wildman–Crippen LogP) is 2.78. The van der Waals surface area contributed by atoms with E-state index in [1.165, 1.54) is 31.2 Å². The van der Waals surface area contributed by atoms with Gasteiger partial charge in [0.15, 0.2) is 0 Å². The third kappa shape index (κ3) is 5.50. The normalized spacial score (nSPS) is 15.2. The number of amides is 1. The van der Waals surface area contributed by atoms with Crippen LogP contribution in [0.2, 0.25) is 0 Å². The summed E-state index contributed by atoms with van der Waals surface area (Å²) < 4.78 is 0. The van der Waals surface area contributed by atoms with Gasteiger partial charge < -0.3 is 10.2 Å². The fourth-order valence-corrected chi connectivity index (χ4v) is 2.78. The second-order valence-corrected chi connectivity index (χ2v) is 5.93. The van der Waals surface area contributed by atoms with E-state index in [2.05, 4.69) is 36.5 Å². The zero-order chi connectivity index (χ0) is 14.9. The molecule has 0 aromatic heterocycles. The second kappa shape index (κ2) is 8.83. The molecule has 2 rings (SSSR count). The topological polar surface area (TPSA) is 32.3 Å². The first-order valence-corrected chi connectivity index (χ1v) is 8.36. The zero-order valence-corrected chi connectivity index (χ0v) is 13.2. The van der Waals surface area contributed by atoms with Crippen molar-refractivity contribution in [2.24, 2.45) is 0 Å². The summed E-state index contributed by atoms with van der Waals surface area (Å²) in [6.45, 7) is 5.76. The number of hydrogen-bond acceptors (Lipinski definition) is 2. The molecule has 1 saturated heterocycles. The van der Waals surface area contributed by atoms with Crippen LogP contribution in [0.4, 0.5) is 0 Å². The smallest absolute Gasteiger partial charge is 0.227 e. The van der Waals surface area contributed by atoms with E-state index in [0.29, 0.717) is 6.42 Å². The molecule has 0 atom stereocenters. The highest BCUT2D eigenvalue weighted by atomic mass is 16.2. The third-order valence-electron chi connectivity index (χ3n) is 4.17. The molecule has 1 fully saturated rings. The maximum Gasteiger partial charge on any atom is 0.227 e. The van der Waals surface area contributed by atoms with Gasteiger partial charge in [-0.2, -0.15) is 0 Å². The van der Waals surface area contributed by atoms with Crippen molar-refractivity contribution in [3.63, 3.8) is 0 Å². The molecule has 1 aromatic carbocycles. The van der Waals surface area contributed by atoms with Crippen molar-refractivity contribution >= 4 is 5.91 Å². The van der Waals surface area contributed by atoms with E-state index in [1.807, 2.05) is 4.90 Å². The van der Waals surface area contributed by atoms with Crippen LogP contribution in [0, 0.1) is 0 Å². The van der Waals surface area contributed by atoms with Gasteiger partial charge in [0.25, 0.3) is 0 Å². The van der Waals surface area contributed by atoms with Crippen LogP contribution >= 0.6 is 0 Å². The number of benzene rings is 1. The van der Waals surface area contributed by atoms with Crippen LogP contribution in [0.1, 0.15) is 43.7 Å². The Morgan fingerprint density at radius 1 is 1.05 bits per heavy atom. The Hall–Kier alpha value is -1.35. The molecule has 0 bridgehead atoms. The van der Waals surface area contributed by atoms with Crippen LogP contribution in [0.3, 0.4) is 0 Å². The van der Waals surface area contributed by atoms with E-state index >= 15 is 0 Å². The average molecular weight is 288 g/mol. The number of aryl methyl sites for hydroxylation is 1. The van der Waals surface area contributed by atoms with E-state index in [4.69, 9.17) is 0 Å². The third-order valence-corrected chi connectivity index (χ3v) is 4.17. The lowest BCUT2D eigenvalue weighted by atomic mass is 10.0. The molecule has 1 amide bonds. The Morgan fingerprint density at radius 2 is 1.71 bits per heavy atom. The van der Waals surface area contributed by atoms with Crippen LogP contribution in [0.25, 0.3) is 0 Å². The number of unbranched alkanes of at least 4 members (excludes halogenated alkanes) is 3. The van der Waals surface area contributed by atoms with Crippen molar-refractivity contribution in [1.29, 1.82) is 0 Å². The molecule has 1 aliphatic heterocycles. The first kappa shape index (κ1) is 16.0. The minimum atomic E-state index is 0.257. The van der Waals surface area contributed by atoms with Crippen LogP contribution in [0.5, 0.6) is 0 Å². The molecule has 21 heavy (non-hydrogen) atoms. The average Bonchev–Trinajstić information content (AvgIpc) is 2.54. The fourth-order valence-electron chi connectivity index (χ4n) is 2.78. The number of hydrogen-bond donors (Lipinski definition) is 1. The van der Waals surface area contributed by atoms with Crippen LogP contribution in [-0.4, -0.2) is 37.0 Å². The number of nitrogens with zero attached hydrogens (tertiary/aromatic N) is 1. The quantitative estimate of drug-likeness (QED) is 0.783. The summed E-state index contributed by atoms with van der Waals surface area (Å²) in [4.78, 5) is 14.2. The molecule has 0 radical (unpaired) electrons. The van der Waals surface area contributed by atoms with E-state index in [-0.39, 0.29) is 5.91 Å². The monoisotopic (exact) mass is 288 g/mol. The highest BCUT2D eigenvalue weighted by Crippen LogP contribution is 2.11. The van der Waals surface area contributed by atoms with Gasteiger partial charge in [0.2, 0.25) is 5.91 Å². The summed E-state index contributed by atoms with van der Waals surface area (Å²) in [6, 6.07) is 8.61. The number of piperazine rings is 1. The Bertz CT molecular complexity index is 421. The highest BCUT2D eigenvalue weighted by Gasteiger charge is 2.16. The fraction of sp³-hybridized carbons (Fsp3) is 0.611. The first-order chi connectivity index (χ1) is 10.3. The van der Waals surface area contributed by atoms with Crippen molar-refractivity contribution in [3.8, 4) is 0 Å². The summed E-state index contributed by atoms with van der Waals surface area (Å²) in [5.41, 5.74) is 2.53. The molecule has 0 unspecified atom stereocenters. The summed E-state index contributed by atoms with van der Waals surface area (Å²) >= 11 is 0. The van der Waals surface area contributed by atoms with Crippen molar-refractivity contribution in [2.45, 2.75) is 45.4 Å². The van der Waals surface area contributed by atoms with Gasteiger partial charge >= 0.3 is 0 Å². The second-order valence-electron chi connectivity index (χ2n) is 5.93.